The first kappa shape index (κ1) is 33.3. The van der Waals surface area contributed by atoms with Gasteiger partial charge in [-0.2, -0.15) is 0 Å². The molecule has 4 fully saturated rings. The van der Waals surface area contributed by atoms with Crippen LogP contribution in [-0.4, -0.2) is 74.2 Å². The van der Waals surface area contributed by atoms with Crippen molar-refractivity contribution < 1.29 is 46.9 Å². The highest BCUT2D eigenvalue weighted by Gasteiger charge is 2.74. The minimum absolute atomic E-state index is 0.0406. The molecule has 266 valence electrons. The number of hydrogen-bond acceptors (Lipinski definition) is 10. The molecule has 52 heavy (non-hydrogen) atoms. The number of hydrazine groups is 1. The third-order valence-electron chi connectivity index (χ3n) is 10.4. The maximum Gasteiger partial charge on any atom is 0.253 e. The predicted octanol–water partition coefficient (Wildman–Crippen LogP) is 4.44. The van der Waals surface area contributed by atoms with Crippen LogP contribution < -0.4 is 28.7 Å². The Morgan fingerprint density at radius 2 is 0.885 bits per heavy atom. The van der Waals surface area contributed by atoms with Gasteiger partial charge in [0, 0.05) is 23.3 Å². The van der Waals surface area contributed by atoms with Crippen LogP contribution in [0.5, 0.6) is 23.0 Å². The Kier molecular flexibility index (Phi) is 7.95. The summed E-state index contributed by atoms with van der Waals surface area (Å²) in [6.07, 6.45) is 0. The summed E-state index contributed by atoms with van der Waals surface area (Å²) in [5.41, 5.74) is 0.958. The molecule has 0 spiro atoms. The van der Waals surface area contributed by atoms with E-state index < -0.39 is 71.3 Å². The number of halogens is 2. The van der Waals surface area contributed by atoms with E-state index in [2.05, 4.69) is 0 Å². The van der Waals surface area contributed by atoms with Gasteiger partial charge in [0.1, 0.15) is 46.7 Å². The zero-order chi connectivity index (χ0) is 36.6. The molecule has 14 heteroatoms. The molecule has 6 atom stereocenters. The van der Waals surface area contributed by atoms with Gasteiger partial charge in [-0.1, -0.05) is 12.1 Å². The summed E-state index contributed by atoms with van der Waals surface area (Å²) in [7, 11) is 5.85. The van der Waals surface area contributed by atoms with E-state index in [1.165, 1.54) is 64.8 Å². The van der Waals surface area contributed by atoms with Crippen LogP contribution in [0.2, 0.25) is 0 Å². The number of fused-ring (bicyclic) bond motifs is 5. The van der Waals surface area contributed by atoms with Gasteiger partial charge in [0.15, 0.2) is 0 Å². The van der Waals surface area contributed by atoms with E-state index in [1.54, 1.807) is 46.4 Å². The standard InChI is InChI=1S/C38H32F2N4O8/c1-49-23-11-13-25(27(17-23)51-3)31-29-33(37(47)41(35(29)45)21-9-5-7-19(39)15-21)44-32(26-14-12-24(50-2)18-28(26)52-4)30-34(43(31)44)38(48)42(36(30)46)22-10-6-8-20(40)16-22/h5-18,29-34H,1-4H3/t29-,30-,31+,32+,33+,34+/m0/s1. The molecule has 0 bridgehead atoms. The number of nitrogens with zero attached hydrogens (tertiary/aromatic N) is 4. The first-order valence-electron chi connectivity index (χ1n) is 16.4. The highest BCUT2D eigenvalue weighted by Crippen LogP contribution is 2.61. The molecule has 4 aliphatic heterocycles. The molecule has 0 N–H and O–H groups in total. The third-order valence-corrected chi connectivity index (χ3v) is 10.4. The van der Waals surface area contributed by atoms with Crippen molar-refractivity contribution >= 4 is 35.0 Å². The second kappa shape index (κ2) is 12.4. The Bertz CT molecular complexity index is 2010. The van der Waals surface area contributed by atoms with Crippen LogP contribution in [0.4, 0.5) is 20.2 Å². The number of benzene rings is 4. The van der Waals surface area contributed by atoms with Crippen LogP contribution in [0.1, 0.15) is 23.2 Å². The van der Waals surface area contributed by atoms with Crippen molar-refractivity contribution in [2.75, 3.05) is 38.2 Å². The Hall–Kier alpha value is -5.86. The van der Waals surface area contributed by atoms with Gasteiger partial charge in [-0.15, -0.1) is 0 Å². The largest absolute Gasteiger partial charge is 0.497 e. The summed E-state index contributed by atoms with van der Waals surface area (Å²) >= 11 is 0. The lowest BCUT2D eigenvalue weighted by Crippen LogP contribution is -2.50. The minimum atomic E-state index is -1.25. The van der Waals surface area contributed by atoms with Crippen LogP contribution in [0.25, 0.3) is 0 Å². The van der Waals surface area contributed by atoms with E-state index in [0.29, 0.717) is 34.1 Å². The van der Waals surface area contributed by atoms with Crippen molar-refractivity contribution in [1.29, 1.82) is 0 Å². The lowest BCUT2D eigenvalue weighted by atomic mass is 9.83. The number of ether oxygens (including phenoxy) is 4. The van der Waals surface area contributed by atoms with Crippen molar-refractivity contribution in [2.45, 2.75) is 24.2 Å². The van der Waals surface area contributed by atoms with Crippen molar-refractivity contribution in [3.05, 3.63) is 108 Å². The Morgan fingerprint density at radius 1 is 0.481 bits per heavy atom. The summed E-state index contributed by atoms with van der Waals surface area (Å²) in [5.74, 6) is -4.69. The van der Waals surface area contributed by atoms with Gasteiger partial charge >= 0.3 is 0 Å². The predicted molar refractivity (Wildman–Crippen MR) is 181 cm³/mol. The average molecular weight is 711 g/mol. The van der Waals surface area contributed by atoms with Crippen molar-refractivity contribution in [2.24, 2.45) is 11.8 Å². The quantitative estimate of drug-likeness (QED) is 0.243. The Balaban J connectivity index is 1.38. The molecule has 4 aromatic rings. The molecule has 4 heterocycles. The van der Waals surface area contributed by atoms with Gasteiger partial charge in [-0.05, 0) is 60.7 Å². The molecule has 0 aliphatic carbocycles. The zero-order valence-corrected chi connectivity index (χ0v) is 28.4. The normalized spacial score (nSPS) is 25.4. The SMILES string of the molecule is COc1ccc([C@@H]2[C@@H]3C(=O)N(c4cccc(F)c4)C(=O)[C@@H]3N3[C@H](c4ccc(OC)cc4OC)[C@@H]4C(=O)N(c5cccc(F)c5)C(=O)[C@@H]4N23)c(OC)c1. The number of anilines is 2. The van der Waals surface area contributed by atoms with Crippen LogP contribution in [0.15, 0.2) is 84.9 Å². The van der Waals surface area contributed by atoms with Crippen LogP contribution >= 0.6 is 0 Å². The van der Waals surface area contributed by atoms with Gasteiger partial charge in [-0.25, -0.2) is 28.6 Å². The highest BCUT2D eigenvalue weighted by atomic mass is 19.1. The number of rotatable bonds is 8. The number of amides is 4. The summed E-state index contributed by atoms with van der Waals surface area (Å²) in [4.78, 5) is 60.7. The summed E-state index contributed by atoms with van der Waals surface area (Å²) in [6.45, 7) is 0. The maximum absolute atomic E-state index is 14.7. The molecule has 12 nitrogen and oxygen atoms in total. The van der Waals surface area contributed by atoms with Gasteiger partial charge < -0.3 is 18.9 Å². The fourth-order valence-corrected chi connectivity index (χ4v) is 8.31. The van der Waals surface area contributed by atoms with Crippen molar-refractivity contribution in [3.8, 4) is 23.0 Å². The molecule has 0 unspecified atom stereocenters. The average Bonchev–Trinajstić information content (AvgIpc) is 3.82. The molecule has 0 aromatic heterocycles. The van der Waals surface area contributed by atoms with Gasteiger partial charge in [0.2, 0.25) is 11.8 Å². The zero-order valence-electron chi connectivity index (χ0n) is 28.4. The molecule has 4 aliphatic rings. The monoisotopic (exact) mass is 710 g/mol. The molecule has 8 rings (SSSR count). The van der Waals surface area contributed by atoms with E-state index in [9.17, 15) is 28.0 Å². The highest BCUT2D eigenvalue weighted by molar-refractivity contribution is 6.26. The van der Waals surface area contributed by atoms with Crippen molar-refractivity contribution in [3.63, 3.8) is 0 Å². The fourth-order valence-electron chi connectivity index (χ4n) is 8.31. The smallest absolute Gasteiger partial charge is 0.253 e. The fraction of sp³-hybridized carbons (Fsp3) is 0.263. The van der Waals surface area contributed by atoms with Crippen LogP contribution in [-0.2, 0) is 19.2 Å². The van der Waals surface area contributed by atoms with Crippen LogP contribution in [0.3, 0.4) is 0 Å². The molecule has 0 radical (unpaired) electrons. The third kappa shape index (κ3) is 4.70. The number of carbonyl (C=O) groups is 4. The topological polar surface area (TPSA) is 118 Å². The summed E-state index contributed by atoms with van der Waals surface area (Å²) in [5, 5.41) is 3.27. The molecular formula is C38H32F2N4O8. The minimum Gasteiger partial charge on any atom is -0.497 e. The second-order valence-electron chi connectivity index (χ2n) is 12.8. The number of methoxy groups -OCH3 is 4. The van der Waals surface area contributed by atoms with Gasteiger partial charge in [0.25, 0.3) is 11.8 Å². The molecule has 4 amide bonds. The molecule has 4 saturated heterocycles. The van der Waals surface area contributed by atoms with E-state index in [1.807, 2.05) is 0 Å². The molecular weight excluding hydrogens is 678 g/mol. The number of hydrogen-bond donors (Lipinski definition) is 0. The van der Waals surface area contributed by atoms with E-state index in [-0.39, 0.29) is 11.4 Å². The molecule has 4 aromatic carbocycles. The molecule has 0 saturated carbocycles. The van der Waals surface area contributed by atoms with Gasteiger partial charge in [0.05, 0.1) is 63.7 Å². The number of imide groups is 2. The second-order valence-corrected chi connectivity index (χ2v) is 12.8. The number of carbonyl (C=O) groups excluding carboxylic acids is 4. The van der Waals surface area contributed by atoms with E-state index >= 15 is 0 Å². The Morgan fingerprint density at radius 3 is 1.23 bits per heavy atom. The van der Waals surface area contributed by atoms with Crippen molar-refractivity contribution in [1.82, 2.24) is 10.0 Å². The first-order valence-corrected chi connectivity index (χ1v) is 16.4. The summed E-state index contributed by atoms with van der Waals surface area (Å²) in [6, 6.07) is 15.7. The van der Waals surface area contributed by atoms with Gasteiger partial charge in [-0.3, -0.25) is 19.2 Å². The lowest BCUT2D eigenvalue weighted by Gasteiger charge is -2.36. The van der Waals surface area contributed by atoms with Crippen LogP contribution in [0, 0.1) is 23.5 Å². The Labute approximate surface area is 296 Å². The van der Waals surface area contributed by atoms with E-state index in [4.69, 9.17) is 18.9 Å². The lowest BCUT2D eigenvalue weighted by molar-refractivity contribution is -0.136. The first-order chi connectivity index (χ1) is 25.1. The summed E-state index contributed by atoms with van der Waals surface area (Å²) < 4.78 is 51.6. The maximum atomic E-state index is 14.7. The van der Waals surface area contributed by atoms with E-state index in [0.717, 1.165) is 21.9 Å².